The zero-order valence-corrected chi connectivity index (χ0v) is 10.6. The van der Waals surface area contributed by atoms with Crippen LogP contribution in [0.1, 0.15) is 52.9 Å². The molecule has 2 heteroatoms. The van der Waals surface area contributed by atoms with Crippen LogP contribution in [0.3, 0.4) is 0 Å². The molecule has 1 aliphatic rings. The highest BCUT2D eigenvalue weighted by Crippen LogP contribution is 2.25. The highest BCUT2D eigenvalue weighted by atomic mass is 16.5. The fourth-order valence-electron chi connectivity index (χ4n) is 2.15. The van der Waals surface area contributed by atoms with Crippen LogP contribution in [0.15, 0.2) is 0 Å². The Morgan fingerprint density at radius 2 is 1.93 bits per heavy atom. The SMILES string of the molecule is CCCNC(C)C(C)OCC1CCCC1. The minimum Gasteiger partial charge on any atom is -0.377 e. The van der Waals surface area contributed by atoms with Crippen molar-refractivity contribution in [1.29, 1.82) is 0 Å². The molecule has 1 fully saturated rings. The van der Waals surface area contributed by atoms with E-state index in [0.717, 1.165) is 19.1 Å². The standard InChI is InChI=1S/C13H27NO/c1-4-9-14-11(2)12(3)15-10-13-7-5-6-8-13/h11-14H,4-10H2,1-3H3. The van der Waals surface area contributed by atoms with Gasteiger partial charge in [0.25, 0.3) is 0 Å². The van der Waals surface area contributed by atoms with E-state index in [0.29, 0.717) is 12.1 Å². The summed E-state index contributed by atoms with van der Waals surface area (Å²) in [5.41, 5.74) is 0. The molecule has 90 valence electrons. The van der Waals surface area contributed by atoms with Gasteiger partial charge in [-0.2, -0.15) is 0 Å². The first-order valence-electron chi connectivity index (χ1n) is 6.59. The molecule has 1 saturated carbocycles. The van der Waals surface area contributed by atoms with Gasteiger partial charge in [0.05, 0.1) is 6.10 Å². The maximum absolute atomic E-state index is 5.92. The maximum Gasteiger partial charge on any atom is 0.0697 e. The molecule has 0 heterocycles. The van der Waals surface area contributed by atoms with Crippen molar-refractivity contribution in [2.45, 2.75) is 65.0 Å². The molecule has 0 amide bonds. The molecule has 0 aromatic heterocycles. The van der Waals surface area contributed by atoms with Gasteiger partial charge >= 0.3 is 0 Å². The van der Waals surface area contributed by atoms with E-state index in [-0.39, 0.29) is 0 Å². The molecule has 0 bridgehead atoms. The molecule has 0 aromatic rings. The number of rotatable bonds is 7. The smallest absolute Gasteiger partial charge is 0.0697 e. The predicted octanol–water partition coefficient (Wildman–Crippen LogP) is 2.97. The molecule has 15 heavy (non-hydrogen) atoms. The minimum atomic E-state index is 0.345. The Balaban J connectivity index is 2.08. The predicted molar refractivity (Wildman–Crippen MR) is 65.1 cm³/mol. The van der Waals surface area contributed by atoms with Gasteiger partial charge in [0, 0.05) is 12.6 Å². The Labute approximate surface area is 94.8 Å². The van der Waals surface area contributed by atoms with Gasteiger partial charge < -0.3 is 10.1 Å². The van der Waals surface area contributed by atoms with Crippen molar-refractivity contribution < 1.29 is 4.74 Å². The Kier molecular flexibility index (Phi) is 6.26. The average molecular weight is 213 g/mol. The van der Waals surface area contributed by atoms with Gasteiger partial charge in [0.15, 0.2) is 0 Å². The summed E-state index contributed by atoms with van der Waals surface area (Å²) in [6, 6.07) is 0.478. The van der Waals surface area contributed by atoms with Gasteiger partial charge in [0.2, 0.25) is 0 Å². The normalized spacial score (nSPS) is 21.8. The molecular weight excluding hydrogens is 186 g/mol. The Bertz CT molecular complexity index is 155. The second-order valence-corrected chi connectivity index (χ2v) is 4.93. The molecular formula is C13H27NO. The fraction of sp³-hybridized carbons (Fsp3) is 1.00. The third-order valence-corrected chi connectivity index (χ3v) is 3.49. The zero-order chi connectivity index (χ0) is 11.1. The van der Waals surface area contributed by atoms with E-state index < -0.39 is 0 Å². The van der Waals surface area contributed by atoms with Crippen molar-refractivity contribution in [3.63, 3.8) is 0 Å². The second kappa shape index (κ2) is 7.24. The van der Waals surface area contributed by atoms with Crippen LogP contribution >= 0.6 is 0 Å². The number of ether oxygens (including phenoxy) is 1. The van der Waals surface area contributed by atoms with E-state index in [4.69, 9.17) is 4.74 Å². The average Bonchev–Trinajstić information content (AvgIpc) is 2.75. The van der Waals surface area contributed by atoms with Crippen LogP contribution in [-0.4, -0.2) is 25.3 Å². The first kappa shape index (κ1) is 13.0. The minimum absolute atomic E-state index is 0.345. The second-order valence-electron chi connectivity index (χ2n) is 4.93. The van der Waals surface area contributed by atoms with E-state index in [2.05, 4.69) is 26.1 Å². The summed E-state index contributed by atoms with van der Waals surface area (Å²) >= 11 is 0. The van der Waals surface area contributed by atoms with Crippen molar-refractivity contribution in [1.82, 2.24) is 5.32 Å². The lowest BCUT2D eigenvalue weighted by atomic mass is 10.1. The molecule has 0 aromatic carbocycles. The molecule has 2 atom stereocenters. The monoisotopic (exact) mass is 213 g/mol. The van der Waals surface area contributed by atoms with Crippen molar-refractivity contribution in [2.75, 3.05) is 13.2 Å². The van der Waals surface area contributed by atoms with Crippen LogP contribution in [0.5, 0.6) is 0 Å². The molecule has 0 spiro atoms. The lowest BCUT2D eigenvalue weighted by molar-refractivity contribution is 0.0222. The lowest BCUT2D eigenvalue weighted by Crippen LogP contribution is -2.38. The summed E-state index contributed by atoms with van der Waals surface area (Å²) < 4.78 is 5.92. The first-order valence-corrected chi connectivity index (χ1v) is 6.59. The van der Waals surface area contributed by atoms with Crippen molar-refractivity contribution in [2.24, 2.45) is 5.92 Å². The summed E-state index contributed by atoms with van der Waals surface area (Å²) in [7, 11) is 0. The Morgan fingerprint density at radius 3 is 2.53 bits per heavy atom. The van der Waals surface area contributed by atoms with E-state index >= 15 is 0 Å². The van der Waals surface area contributed by atoms with Crippen LogP contribution in [0.2, 0.25) is 0 Å². The number of hydrogen-bond acceptors (Lipinski definition) is 2. The van der Waals surface area contributed by atoms with Crippen molar-refractivity contribution in [3.8, 4) is 0 Å². The topological polar surface area (TPSA) is 21.3 Å². The summed E-state index contributed by atoms with van der Waals surface area (Å²) in [5, 5.41) is 3.48. The molecule has 0 saturated heterocycles. The van der Waals surface area contributed by atoms with Crippen molar-refractivity contribution in [3.05, 3.63) is 0 Å². The van der Waals surface area contributed by atoms with E-state index in [1.54, 1.807) is 0 Å². The molecule has 0 aliphatic heterocycles. The van der Waals surface area contributed by atoms with E-state index in [1.165, 1.54) is 32.1 Å². The van der Waals surface area contributed by atoms with Gasteiger partial charge in [-0.25, -0.2) is 0 Å². The lowest BCUT2D eigenvalue weighted by Gasteiger charge is -2.23. The summed E-state index contributed by atoms with van der Waals surface area (Å²) in [6.07, 6.45) is 7.11. The molecule has 1 N–H and O–H groups in total. The summed E-state index contributed by atoms with van der Waals surface area (Å²) in [5.74, 6) is 0.839. The van der Waals surface area contributed by atoms with Crippen LogP contribution in [-0.2, 0) is 4.74 Å². The highest BCUT2D eigenvalue weighted by molar-refractivity contribution is 4.71. The van der Waals surface area contributed by atoms with Crippen LogP contribution in [0, 0.1) is 5.92 Å². The quantitative estimate of drug-likeness (QED) is 0.702. The van der Waals surface area contributed by atoms with Crippen LogP contribution in [0.25, 0.3) is 0 Å². The Hall–Kier alpha value is -0.0800. The van der Waals surface area contributed by atoms with Gasteiger partial charge in [-0.05, 0) is 45.6 Å². The van der Waals surface area contributed by atoms with Gasteiger partial charge in [-0.3, -0.25) is 0 Å². The molecule has 0 radical (unpaired) electrons. The molecule has 2 nitrogen and oxygen atoms in total. The van der Waals surface area contributed by atoms with Gasteiger partial charge in [-0.15, -0.1) is 0 Å². The Morgan fingerprint density at radius 1 is 1.27 bits per heavy atom. The maximum atomic E-state index is 5.92. The third kappa shape index (κ3) is 4.98. The van der Waals surface area contributed by atoms with Gasteiger partial charge in [-0.1, -0.05) is 19.8 Å². The zero-order valence-electron chi connectivity index (χ0n) is 10.6. The molecule has 1 aliphatic carbocycles. The number of hydrogen-bond donors (Lipinski definition) is 1. The van der Waals surface area contributed by atoms with E-state index in [1.807, 2.05) is 0 Å². The first-order chi connectivity index (χ1) is 7.24. The van der Waals surface area contributed by atoms with Crippen LogP contribution < -0.4 is 5.32 Å². The van der Waals surface area contributed by atoms with E-state index in [9.17, 15) is 0 Å². The third-order valence-electron chi connectivity index (χ3n) is 3.49. The number of nitrogens with one attached hydrogen (secondary N) is 1. The summed E-state index contributed by atoms with van der Waals surface area (Å²) in [4.78, 5) is 0. The fourth-order valence-corrected chi connectivity index (χ4v) is 2.15. The molecule has 1 rings (SSSR count). The highest BCUT2D eigenvalue weighted by Gasteiger charge is 2.18. The molecule has 2 unspecified atom stereocenters. The summed E-state index contributed by atoms with van der Waals surface area (Å²) in [6.45, 7) is 8.67. The van der Waals surface area contributed by atoms with Gasteiger partial charge in [0.1, 0.15) is 0 Å². The van der Waals surface area contributed by atoms with Crippen molar-refractivity contribution >= 4 is 0 Å². The van der Waals surface area contributed by atoms with Crippen LogP contribution in [0.4, 0.5) is 0 Å². The largest absolute Gasteiger partial charge is 0.377 e.